The lowest BCUT2D eigenvalue weighted by Crippen LogP contribution is -2.01. The Morgan fingerprint density at radius 1 is 0.415 bits per heavy atom. The number of hydrogen-bond donors (Lipinski definition) is 0. The zero-order valence-electron chi connectivity index (χ0n) is 22.0. The maximum atomic E-state index is 6.54. The third-order valence-corrected chi connectivity index (χ3v) is 8.36. The molecule has 0 spiro atoms. The van der Waals surface area contributed by atoms with Crippen LogP contribution in [0, 0.1) is 0 Å². The van der Waals surface area contributed by atoms with Crippen LogP contribution in [-0.2, 0) is 0 Å². The molecule has 3 heterocycles. The van der Waals surface area contributed by atoms with E-state index in [4.69, 9.17) is 14.4 Å². The maximum Gasteiger partial charge on any atom is 0.143 e. The van der Waals surface area contributed by atoms with Gasteiger partial charge in [0.2, 0.25) is 0 Å². The summed E-state index contributed by atoms with van der Waals surface area (Å²) >= 11 is 0. The standard InChI is InChI=1S/C38H22N2O/c1-2-11-24-23(10-1)25-12-3-4-14-28(25)36-32(22-40-33-19-9-21-39-37(33)36)35-27(24)15-7-16-29(35)31-18-8-17-30-26-13-5-6-20-34(26)41-38(30)31/h1-22H. The average Bonchev–Trinajstić information content (AvgIpc) is 3.42. The minimum Gasteiger partial charge on any atom is -0.455 e. The number of fused-ring (bicyclic) bond motifs is 13. The van der Waals surface area contributed by atoms with Gasteiger partial charge in [0.05, 0.1) is 11.0 Å². The number of hydrogen-bond acceptors (Lipinski definition) is 3. The largest absolute Gasteiger partial charge is 0.455 e. The minimum atomic E-state index is 0.883. The van der Waals surface area contributed by atoms with E-state index < -0.39 is 0 Å². The first kappa shape index (κ1) is 22.3. The molecule has 41 heavy (non-hydrogen) atoms. The van der Waals surface area contributed by atoms with Crippen LogP contribution in [0.1, 0.15) is 0 Å². The summed E-state index contributed by atoms with van der Waals surface area (Å²) in [5.41, 5.74) is 15.0. The molecule has 0 amide bonds. The number of furan rings is 1. The van der Waals surface area contributed by atoms with E-state index in [1.54, 1.807) is 0 Å². The van der Waals surface area contributed by atoms with Crippen LogP contribution in [0.5, 0.6) is 0 Å². The van der Waals surface area contributed by atoms with Crippen molar-refractivity contribution >= 4 is 33.0 Å². The quantitative estimate of drug-likeness (QED) is 0.215. The summed E-state index contributed by atoms with van der Waals surface area (Å²) in [6.45, 7) is 0. The van der Waals surface area contributed by atoms with Gasteiger partial charge in [-0.25, -0.2) is 0 Å². The molecule has 3 aromatic heterocycles. The highest BCUT2D eigenvalue weighted by molar-refractivity contribution is 6.15. The summed E-state index contributed by atoms with van der Waals surface area (Å²) in [7, 11) is 0. The molecule has 0 atom stereocenters. The van der Waals surface area contributed by atoms with Crippen LogP contribution in [0.15, 0.2) is 138 Å². The van der Waals surface area contributed by atoms with Gasteiger partial charge in [-0.05, 0) is 57.1 Å². The fourth-order valence-corrected chi connectivity index (χ4v) is 6.62. The van der Waals surface area contributed by atoms with E-state index in [1.807, 2.05) is 36.7 Å². The Kier molecular flexibility index (Phi) is 4.61. The fraction of sp³-hybridized carbons (Fsp3) is 0. The van der Waals surface area contributed by atoms with Gasteiger partial charge in [0, 0.05) is 39.9 Å². The monoisotopic (exact) mass is 522 g/mol. The molecule has 190 valence electrons. The van der Waals surface area contributed by atoms with Gasteiger partial charge in [-0.1, -0.05) is 103 Å². The minimum absolute atomic E-state index is 0.883. The number of benzene rings is 5. The second kappa shape index (κ2) is 8.48. The molecular formula is C38H22N2O. The molecule has 0 unspecified atom stereocenters. The molecule has 1 aliphatic carbocycles. The van der Waals surface area contributed by atoms with E-state index in [1.165, 1.54) is 22.3 Å². The van der Waals surface area contributed by atoms with Gasteiger partial charge >= 0.3 is 0 Å². The normalized spacial score (nSPS) is 11.9. The van der Waals surface area contributed by atoms with Crippen LogP contribution >= 0.6 is 0 Å². The van der Waals surface area contributed by atoms with Crippen molar-refractivity contribution in [1.82, 2.24) is 9.97 Å². The lowest BCUT2D eigenvalue weighted by molar-refractivity contribution is 0.670. The third-order valence-electron chi connectivity index (χ3n) is 8.36. The summed E-state index contributed by atoms with van der Waals surface area (Å²) in [5, 5.41) is 2.24. The third kappa shape index (κ3) is 3.14. The molecule has 1 aliphatic rings. The molecule has 0 saturated heterocycles. The number of aromatic nitrogens is 2. The van der Waals surface area contributed by atoms with Gasteiger partial charge in [0.15, 0.2) is 0 Å². The lowest BCUT2D eigenvalue weighted by Gasteiger charge is -2.25. The van der Waals surface area contributed by atoms with Crippen LogP contribution < -0.4 is 0 Å². The van der Waals surface area contributed by atoms with Crippen LogP contribution in [0.3, 0.4) is 0 Å². The molecular weight excluding hydrogens is 500 g/mol. The van der Waals surface area contributed by atoms with Crippen LogP contribution in [0.4, 0.5) is 0 Å². The Bertz CT molecular complexity index is 2330. The Morgan fingerprint density at radius 2 is 1.02 bits per heavy atom. The van der Waals surface area contributed by atoms with Crippen molar-refractivity contribution in [3.63, 3.8) is 0 Å². The summed E-state index contributed by atoms with van der Waals surface area (Å²) in [6, 6.07) is 42.7. The Morgan fingerprint density at radius 3 is 1.88 bits per heavy atom. The fourth-order valence-electron chi connectivity index (χ4n) is 6.62. The van der Waals surface area contributed by atoms with E-state index >= 15 is 0 Å². The maximum absolute atomic E-state index is 6.54. The summed E-state index contributed by atoms with van der Waals surface area (Å²) in [6.07, 6.45) is 3.90. The highest BCUT2D eigenvalue weighted by atomic mass is 16.3. The average molecular weight is 523 g/mol. The predicted molar refractivity (Wildman–Crippen MR) is 168 cm³/mol. The molecule has 9 rings (SSSR count). The molecule has 0 aliphatic heterocycles. The van der Waals surface area contributed by atoms with Crippen molar-refractivity contribution in [2.45, 2.75) is 0 Å². The van der Waals surface area contributed by atoms with Gasteiger partial charge in [-0.2, -0.15) is 0 Å². The van der Waals surface area contributed by atoms with Crippen LogP contribution in [0.25, 0.3) is 88.6 Å². The molecule has 0 bridgehead atoms. The summed E-state index contributed by atoms with van der Waals surface area (Å²) < 4.78 is 6.54. The smallest absolute Gasteiger partial charge is 0.143 e. The van der Waals surface area contributed by atoms with Crippen molar-refractivity contribution < 1.29 is 4.42 Å². The van der Waals surface area contributed by atoms with E-state index in [9.17, 15) is 0 Å². The van der Waals surface area contributed by atoms with E-state index in [2.05, 4.69) is 97.1 Å². The Balaban J connectivity index is 1.49. The first-order valence-electron chi connectivity index (χ1n) is 13.8. The molecule has 0 radical (unpaired) electrons. The van der Waals surface area contributed by atoms with Gasteiger partial charge in [-0.3, -0.25) is 9.97 Å². The zero-order chi connectivity index (χ0) is 26.9. The van der Waals surface area contributed by atoms with Crippen molar-refractivity contribution in [2.24, 2.45) is 0 Å². The summed E-state index contributed by atoms with van der Waals surface area (Å²) in [5.74, 6) is 0. The molecule has 3 heteroatoms. The van der Waals surface area contributed by atoms with Gasteiger partial charge < -0.3 is 4.42 Å². The Hall–Kier alpha value is -5.54. The first-order chi connectivity index (χ1) is 20.4. The molecule has 0 N–H and O–H groups in total. The number of rotatable bonds is 1. The van der Waals surface area contributed by atoms with Crippen LogP contribution in [-0.4, -0.2) is 9.97 Å². The van der Waals surface area contributed by atoms with Gasteiger partial charge in [-0.15, -0.1) is 0 Å². The van der Waals surface area contributed by atoms with Crippen molar-refractivity contribution in [2.75, 3.05) is 0 Å². The van der Waals surface area contributed by atoms with Gasteiger partial charge in [0.1, 0.15) is 11.2 Å². The number of para-hydroxylation sites is 2. The zero-order valence-corrected chi connectivity index (χ0v) is 22.0. The highest BCUT2D eigenvalue weighted by Gasteiger charge is 2.27. The second-order valence-electron chi connectivity index (χ2n) is 10.5. The molecule has 5 aromatic carbocycles. The van der Waals surface area contributed by atoms with E-state index in [0.29, 0.717) is 0 Å². The summed E-state index contributed by atoms with van der Waals surface area (Å²) in [4.78, 5) is 9.84. The van der Waals surface area contributed by atoms with E-state index in [0.717, 1.165) is 66.4 Å². The molecule has 0 saturated carbocycles. The van der Waals surface area contributed by atoms with Crippen molar-refractivity contribution in [3.05, 3.63) is 134 Å². The molecule has 8 aromatic rings. The molecule has 0 fully saturated rings. The lowest BCUT2D eigenvalue weighted by atomic mass is 9.78. The van der Waals surface area contributed by atoms with Crippen molar-refractivity contribution in [1.29, 1.82) is 0 Å². The van der Waals surface area contributed by atoms with Crippen LogP contribution in [0.2, 0.25) is 0 Å². The first-order valence-corrected chi connectivity index (χ1v) is 13.8. The predicted octanol–water partition coefficient (Wildman–Crippen LogP) is 10.2. The molecule has 3 nitrogen and oxygen atoms in total. The number of pyridine rings is 2. The van der Waals surface area contributed by atoms with E-state index in [-0.39, 0.29) is 0 Å². The Labute approximate surface area is 236 Å². The number of nitrogens with zero attached hydrogens (tertiary/aromatic N) is 2. The van der Waals surface area contributed by atoms with Gasteiger partial charge in [0.25, 0.3) is 0 Å². The van der Waals surface area contributed by atoms with Crippen molar-refractivity contribution in [3.8, 4) is 55.6 Å². The SMILES string of the molecule is c1ccc2c(c1)-c1ccccc1-c1c(cnc3cccnc13)-c1c-2cccc1-c1cccc2c1oc1ccccc12. The topological polar surface area (TPSA) is 38.9 Å². The second-order valence-corrected chi connectivity index (χ2v) is 10.5. The highest BCUT2D eigenvalue weighted by Crippen LogP contribution is 2.52.